The van der Waals surface area contributed by atoms with Crippen LogP contribution in [0.5, 0.6) is 0 Å². The molecule has 2 rings (SSSR count). The number of rotatable bonds is 1. The lowest BCUT2D eigenvalue weighted by Crippen LogP contribution is -1.99. The van der Waals surface area contributed by atoms with Gasteiger partial charge in [0.25, 0.3) is 0 Å². The molecule has 0 aromatic carbocycles. The van der Waals surface area contributed by atoms with E-state index in [9.17, 15) is 0 Å². The summed E-state index contributed by atoms with van der Waals surface area (Å²) >= 11 is 9.15. The van der Waals surface area contributed by atoms with Gasteiger partial charge in [-0.3, -0.25) is 0 Å². The van der Waals surface area contributed by atoms with Gasteiger partial charge in [0.1, 0.15) is 5.82 Å². The minimum atomic E-state index is 0.317. The first-order chi connectivity index (χ1) is 5.68. The largest absolute Gasteiger partial charge is 0.352 e. The predicted octanol–water partition coefficient (Wildman–Crippen LogP) is 2.02. The molecular weight excluding hydrogens is 241 g/mol. The van der Waals surface area contributed by atoms with Crippen molar-refractivity contribution >= 4 is 33.3 Å². The first kappa shape index (κ1) is 8.26. The maximum Gasteiger partial charge on any atom is 0.224 e. The monoisotopic (exact) mass is 247 g/mol. The lowest BCUT2D eigenvalue weighted by atomic mass is 10.4. The van der Waals surface area contributed by atoms with Gasteiger partial charge in [-0.15, -0.1) is 0 Å². The third kappa shape index (κ3) is 1.41. The van der Waals surface area contributed by atoms with Gasteiger partial charge in [-0.25, -0.2) is 4.98 Å². The van der Waals surface area contributed by atoms with E-state index >= 15 is 0 Å². The summed E-state index contributed by atoms with van der Waals surface area (Å²) in [6.07, 6.45) is 0. The van der Waals surface area contributed by atoms with E-state index < -0.39 is 0 Å². The molecule has 1 saturated heterocycles. The molecule has 1 aromatic heterocycles. The van der Waals surface area contributed by atoms with Crippen molar-refractivity contribution in [2.24, 2.45) is 0 Å². The summed E-state index contributed by atoms with van der Waals surface area (Å²) in [5.41, 5.74) is 0.886. The van der Waals surface area contributed by atoms with Crippen LogP contribution in [0.1, 0.15) is 5.69 Å². The summed E-state index contributed by atoms with van der Waals surface area (Å²) in [5, 5.41) is 0.317. The molecule has 1 fully saturated rings. The second kappa shape index (κ2) is 2.85. The van der Waals surface area contributed by atoms with Crippen molar-refractivity contribution in [2.75, 3.05) is 18.0 Å². The van der Waals surface area contributed by atoms with Gasteiger partial charge in [0.2, 0.25) is 5.28 Å². The Balaban J connectivity index is 2.51. The lowest BCUT2D eigenvalue weighted by molar-refractivity contribution is 1.06. The summed E-state index contributed by atoms with van der Waals surface area (Å²) in [6.45, 7) is 4.03. The molecule has 0 unspecified atom stereocenters. The van der Waals surface area contributed by atoms with E-state index in [0.29, 0.717) is 5.28 Å². The number of aromatic nitrogens is 2. The molecule has 1 aromatic rings. The van der Waals surface area contributed by atoms with E-state index in [-0.39, 0.29) is 0 Å². The Bertz CT molecular complexity index is 325. The van der Waals surface area contributed by atoms with Crippen molar-refractivity contribution in [1.82, 2.24) is 9.97 Å². The van der Waals surface area contributed by atoms with Crippen molar-refractivity contribution in [3.05, 3.63) is 15.5 Å². The summed E-state index contributed by atoms with van der Waals surface area (Å²) in [7, 11) is 0. The van der Waals surface area contributed by atoms with Crippen molar-refractivity contribution < 1.29 is 0 Å². The summed E-state index contributed by atoms with van der Waals surface area (Å²) in [6, 6.07) is 0. The Hall–Kier alpha value is -0.350. The SMILES string of the molecule is Cc1nc(Cl)nc(N2CC2)c1Br. The van der Waals surface area contributed by atoms with Gasteiger partial charge in [-0.05, 0) is 34.5 Å². The normalized spacial score (nSPS) is 15.1. The highest BCUT2D eigenvalue weighted by Crippen LogP contribution is 2.30. The van der Waals surface area contributed by atoms with Crippen LogP contribution in [0.4, 0.5) is 5.82 Å². The number of aryl methyl sites for hydroxylation is 1. The Morgan fingerprint density at radius 3 is 2.67 bits per heavy atom. The fourth-order valence-corrected chi connectivity index (χ4v) is 1.62. The maximum absolute atomic E-state index is 5.72. The summed E-state index contributed by atoms with van der Waals surface area (Å²) in [5.74, 6) is 0.910. The molecule has 1 aliphatic rings. The van der Waals surface area contributed by atoms with Gasteiger partial charge in [0.15, 0.2) is 0 Å². The first-order valence-corrected chi connectivity index (χ1v) is 4.80. The standard InChI is InChI=1S/C7H7BrClN3/c1-4-5(8)6(12-2-3-12)11-7(9)10-4/h2-3H2,1H3. The minimum Gasteiger partial charge on any atom is -0.352 e. The molecule has 0 atom stereocenters. The molecule has 0 spiro atoms. The molecule has 0 radical (unpaired) electrons. The highest BCUT2D eigenvalue weighted by atomic mass is 79.9. The molecular formula is C7H7BrClN3. The van der Waals surface area contributed by atoms with E-state index in [2.05, 4.69) is 30.8 Å². The van der Waals surface area contributed by atoms with E-state index in [1.165, 1.54) is 0 Å². The molecule has 0 aliphatic carbocycles. The predicted molar refractivity (Wildman–Crippen MR) is 51.7 cm³/mol. The fraction of sp³-hybridized carbons (Fsp3) is 0.429. The molecule has 5 heteroatoms. The second-order valence-corrected chi connectivity index (χ2v) is 3.83. The van der Waals surface area contributed by atoms with Crippen molar-refractivity contribution in [1.29, 1.82) is 0 Å². The first-order valence-electron chi connectivity index (χ1n) is 3.63. The molecule has 64 valence electrons. The van der Waals surface area contributed by atoms with Gasteiger partial charge in [0.05, 0.1) is 10.2 Å². The van der Waals surface area contributed by atoms with Gasteiger partial charge >= 0.3 is 0 Å². The molecule has 0 N–H and O–H groups in total. The Morgan fingerprint density at radius 1 is 1.42 bits per heavy atom. The average molecular weight is 249 g/mol. The van der Waals surface area contributed by atoms with Gasteiger partial charge in [-0.1, -0.05) is 0 Å². The highest BCUT2D eigenvalue weighted by molar-refractivity contribution is 9.10. The topological polar surface area (TPSA) is 28.8 Å². The minimum absolute atomic E-state index is 0.317. The van der Waals surface area contributed by atoms with Crippen molar-refractivity contribution in [2.45, 2.75) is 6.92 Å². The van der Waals surface area contributed by atoms with Crippen LogP contribution in [0.3, 0.4) is 0 Å². The molecule has 12 heavy (non-hydrogen) atoms. The zero-order valence-electron chi connectivity index (χ0n) is 6.51. The van der Waals surface area contributed by atoms with Crippen LogP contribution < -0.4 is 4.90 Å². The van der Waals surface area contributed by atoms with Crippen LogP contribution in [-0.2, 0) is 0 Å². The second-order valence-electron chi connectivity index (χ2n) is 2.70. The smallest absolute Gasteiger partial charge is 0.224 e. The molecule has 2 heterocycles. The lowest BCUT2D eigenvalue weighted by Gasteiger charge is -2.06. The van der Waals surface area contributed by atoms with Crippen molar-refractivity contribution in [3.63, 3.8) is 0 Å². The molecule has 0 saturated carbocycles. The number of hydrogen-bond donors (Lipinski definition) is 0. The van der Waals surface area contributed by atoms with E-state index in [4.69, 9.17) is 11.6 Å². The quantitative estimate of drug-likeness (QED) is 0.562. The van der Waals surface area contributed by atoms with E-state index in [1.54, 1.807) is 0 Å². The number of nitrogens with zero attached hydrogens (tertiary/aromatic N) is 3. The highest BCUT2D eigenvalue weighted by Gasteiger charge is 2.23. The van der Waals surface area contributed by atoms with E-state index in [0.717, 1.165) is 29.1 Å². The molecule has 0 amide bonds. The fourth-order valence-electron chi connectivity index (χ4n) is 0.982. The van der Waals surface area contributed by atoms with Crippen LogP contribution in [0.15, 0.2) is 4.47 Å². The molecule has 0 bridgehead atoms. The third-order valence-electron chi connectivity index (χ3n) is 1.72. The Morgan fingerprint density at radius 2 is 2.08 bits per heavy atom. The maximum atomic E-state index is 5.72. The van der Waals surface area contributed by atoms with Gasteiger partial charge in [0, 0.05) is 13.1 Å². The molecule has 1 aliphatic heterocycles. The van der Waals surface area contributed by atoms with Crippen LogP contribution in [0.25, 0.3) is 0 Å². The van der Waals surface area contributed by atoms with Crippen LogP contribution >= 0.6 is 27.5 Å². The molecule has 3 nitrogen and oxygen atoms in total. The Labute approximate surface area is 83.9 Å². The van der Waals surface area contributed by atoms with Gasteiger partial charge < -0.3 is 4.90 Å². The van der Waals surface area contributed by atoms with Crippen LogP contribution in [0.2, 0.25) is 5.28 Å². The van der Waals surface area contributed by atoms with Crippen molar-refractivity contribution in [3.8, 4) is 0 Å². The number of hydrogen-bond acceptors (Lipinski definition) is 3. The number of anilines is 1. The van der Waals surface area contributed by atoms with Crippen LogP contribution in [-0.4, -0.2) is 23.1 Å². The zero-order chi connectivity index (χ0) is 8.72. The van der Waals surface area contributed by atoms with Crippen LogP contribution in [0, 0.1) is 6.92 Å². The zero-order valence-corrected chi connectivity index (χ0v) is 8.85. The summed E-state index contributed by atoms with van der Waals surface area (Å²) in [4.78, 5) is 10.3. The Kier molecular flexibility index (Phi) is 1.96. The number of halogens is 2. The van der Waals surface area contributed by atoms with E-state index in [1.807, 2.05) is 6.92 Å². The average Bonchev–Trinajstić information content (AvgIpc) is 2.79. The third-order valence-corrected chi connectivity index (χ3v) is 2.82. The summed E-state index contributed by atoms with van der Waals surface area (Å²) < 4.78 is 0.949. The van der Waals surface area contributed by atoms with Gasteiger partial charge in [-0.2, -0.15) is 4.98 Å².